The van der Waals surface area contributed by atoms with E-state index in [1.54, 1.807) is 0 Å². The van der Waals surface area contributed by atoms with E-state index in [0.29, 0.717) is 12.0 Å². The molecule has 1 aliphatic heterocycles. The molecule has 0 radical (unpaired) electrons. The van der Waals surface area contributed by atoms with Crippen molar-refractivity contribution in [2.45, 2.75) is 19.4 Å². The van der Waals surface area contributed by atoms with Gasteiger partial charge in [0.2, 0.25) is 0 Å². The molecular weight excluding hydrogens is 190 g/mol. The summed E-state index contributed by atoms with van der Waals surface area (Å²) in [7, 11) is 1.95. The van der Waals surface area contributed by atoms with Gasteiger partial charge in [0.25, 0.3) is 0 Å². The van der Waals surface area contributed by atoms with Gasteiger partial charge in [0.1, 0.15) is 0 Å². The lowest BCUT2D eigenvalue weighted by atomic mass is 10.1. The Kier molecular flexibility index (Phi) is 3.38. The Morgan fingerprint density at radius 2 is 2.60 bits per heavy atom. The maximum atomic E-state index is 5.34. The SMILES string of the molecule is CC(NCC1CCOC1)c1cnn(C)c1. The van der Waals surface area contributed by atoms with E-state index in [1.807, 2.05) is 17.9 Å². The van der Waals surface area contributed by atoms with E-state index in [4.69, 9.17) is 4.74 Å². The van der Waals surface area contributed by atoms with Crippen LogP contribution in [-0.4, -0.2) is 29.5 Å². The van der Waals surface area contributed by atoms with E-state index < -0.39 is 0 Å². The highest BCUT2D eigenvalue weighted by molar-refractivity contribution is 5.08. The molecule has 1 aliphatic rings. The van der Waals surface area contributed by atoms with Gasteiger partial charge in [0.05, 0.1) is 12.8 Å². The third-order valence-electron chi connectivity index (χ3n) is 2.96. The largest absolute Gasteiger partial charge is 0.381 e. The molecule has 0 aromatic carbocycles. The Morgan fingerprint density at radius 3 is 3.20 bits per heavy atom. The minimum absolute atomic E-state index is 0.374. The van der Waals surface area contributed by atoms with Gasteiger partial charge in [0.15, 0.2) is 0 Å². The lowest BCUT2D eigenvalue weighted by molar-refractivity contribution is 0.184. The predicted octanol–water partition coefficient (Wildman–Crippen LogP) is 1.11. The number of ether oxygens (including phenoxy) is 1. The second-order valence-corrected chi connectivity index (χ2v) is 4.31. The van der Waals surface area contributed by atoms with Crippen molar-refractivity contribution in [3.8, 4) is 0 Å². The molecule has 0 amide bonds. The highest BCUT2D eigenvalue weighted by Gasteiger charge is 2.16. The molecule has 1 aromatic heterocycles. The summed E-state index contributed by atoms with van der Waals surface area (Å²) in [4.78, 5) is 0. The average molecular weight is 209 g/mol. The van der Waals surface area contributed by atoms with Crippen molar-refractivity contribution in [3.63, 3.8) is 0 Å². The van der Waals surface area contributed by atoms with Crippen LogP contribution in [0.4, 0.5) is 0 Å². The molecule has 1 N–H and O–H groups in total. The van der Waals surface area contributed by atoms with Gasteiger partial charge in [0, 0.05) is 38.0 Å². The van der Waals surface area contributed by atoms with Gasteiger partial charge >= 0.3 is 0 Å². The molecule has 2 heterocycles. The summed E-state index contributed by atoms with van der Waals surface area (Å²) in [6.45, 7) is 5.04. The van der Waals surface area contributed by atoms with E-state index in [2.05, 4.69) is 23.5 Å². The lowest BCUT2D eigenvalue weighted by Crippen LogP contribution is -2.25. The van der Waals surface area contributed by atoms with Gasteiger partial charge in [-0.25, -0.2) is 0 Å². The molecule has 2 rings (SSSR count). The number of hydrogen-bond donors (Lipinski definition) is 1. The quantitative estimate of drug-likeness (QED) is 0.807. The highest BCUT2D eigenvalue weighted by atomic mass is 16.5. The molecule has 1 aromatic rings. The Bertz CT molecular complexity index is 305. The fourth-order valence-corrected chi connectivity index (χ4v) is 1.87. The number of nitrogens with zero attached hydrogens (tertiary/aromatic N) is 2. The summed E-state index contributed by atoms with van der Waals surface area (Å²) in [6, 6.07) is 0.374. The first-order chi connectivity index (χ1) is 7.25. The van der Waals surface area contributed by atoms with Crippen LogP contribution in [0.15, 0.2) is 12.4 Å². The van der Waals surface area contributed by atoms with E-state index in [0.717, 1.165) is 19.8 Å². The number of nitrogens with one attached hydrogen (secondary N) is 1. The summed E-state index contributed by atoms with van der Waals surface area (Å²) in [6.07, 6.45) is 5.17. The van der Waals surface area contributed by atoms with Crippen LogP contribution >= 0.6 is 0 Å². The molecule has 0 bridgehead atoms. The van der Waals surface area contributed by atoms with E-state index in [9.17, 15) is 0 Å². The molecule has 0 saturated carbocycles. The summed E-state index contributed by atoms with van der Waals surface area (Å²) in [5, 5.41) is 7.69. The standard InChI is InChI=1S/C11H19N3O/c1-9(11-6-13-14(2)7-11)12-5-10-3-4-15-8-10/h6-7,9-10,12H,3-5,8H2,1-2H3. The Labute approximate surface area is 90.6 Å². The van der Waals surface area contributed by atoms with Crippen molar-refractivity contribution in [1.29, 1.82) is 0 Å². The van der Waals surface area contributed by atoms with Crippen molar-refractivity contribution in [3.05, 3.63) is 18.0 Å². The normalized spacial score (nSPS) is 23.2. The first-order valence-electron chi connectivity index (χ1n) is 5.55. The molecule has 4 heteroatoms. The van der Waals surface area contributed by atoms with Crippen LogP contribution < -0.4 is 5.32 Å². The van der Waals surface area contributed by atoms with Gasteiger partial charge in [-0.2, -0.15) is 5.10 Å². The van der Waals surface area contributed by atoms with Crippen LogP contribution in [0.25, 0.3) is 0 Å². The Hall–Kier alpha value is -0.870. The molecule has 1 saturated heterocycles. The summed E-state index contributed by atoms with van der Waals surface area (Å²) >= 11 is 0. The van der Waals surface area contributed by atoms with Gasteiger partial charge in [-0.05, 0) is 19.3 Å². The van der Waals surface area contributed by atoms with Crippen LogP contribution in [-0.2, 0) is 11.8 Å². The van der Waals surface area contributed by atoms with Gasteiger partial charge < -0.3 is 10.1 Å². The van der Waals surface area contributed by atoms with Crippen LogP contribution in [0.5, 0.6) is 0 Å². The van der Waals surface area contributed by atoms with Crippen molar-refractivity contribution >= 4 is 0 Å². The number of hydrogen-bond acceptors (Lipinski definition) is 3. The Morgan fingerprint density at radius 1 is 1.73 bits per heavy atom. The van der Waals surface area contributed by atoms with Crippen LogP contribution in [0.3, 0.4) is 0 Å². The van der Waals surface area contributed by atoms with Crippen molar-refractivity contribution in [2.75, 3.05) is 19.8 Å². The number of rotatable bonds is 4. The third-order valence-corrected chi connectivity index (χ3v) is 2.96. The first-order valence-corrected chi connectivity index (χ1v) is 5.55. The monoisotopic (exact) mass is 209 g/mol. The van der Waals surface area contributed by atoms with Crippen LogP contribution in [0.2, 0.25) is 0 Å². The molecule has 0 spiro atoms. The first kappa shape index (κ1) is 10.6. The van der Waals surface area contributed by atoms with Gasteiger partial charge in [-0.3, -0.25) is 4.68 Å². The molecule has 0 aliphatic carbocycles. The van der Waals surface area contributed by atoms with Crippen molar-refractivity contribution in [1.82, 2.24) is 15.1 Å². The second kappa shape index (κ2) is 4.77. The summed E-state index contributed by atoms with van der Waals surface area (Å²) in [5.41, 5.74) is 1.25. The smallest absolute Gasteiger partial charge is 0.0537 e. The second-order valence-electron chi connectivity index (χ2n) is 4.31. The molecular formula is C11H19N3O. The minimum Gasteiger partial charge on any atom is -0.381 e. The molecule has 15 heavy (non-hydrogen) atoms. The summed E-state index contributed by atoms with van der Waals surface area (Å²) < 4.78 is 7.18. The maximum Gasteiger partial charge on any atom is 0.0537 e. The molecule has 2 unspecified atom stereocenters. The molecule has 2 atom stereocenters. The zero-order chi connectivity index (χ0) is 10.7. The predicted molar refractivity (Wildman–Crippen MR) is 58.6 cm³/mol. The average Bonchev–Trinajstić information content (AvgIpc) is 2.84. The van der Waals surface area contributed by atoms with E-state index >= 15 is 0 Å². The van der Waals surface area contributed by atoms with Crippen molar-refractivity contribution < 1.29 is 4.74 Å². The van der Waals surface area contributed by atoms with E-state index in [1.165, 1.54) is 12.0 Å². The Balaban J connectivity index is 1.79. The zero-order valence-corrected chi connectivity index (χ0v) is 9.44. The van der Waals surface area contributed by atoms with Crippen LogP contribution in [0, 0.1) is 5.92 Å². The molecule has 1 fully saturated rings. The number of aryl methyl sites for hydroxylation is 1. The number of aromatic nitrogens is 2. The molecule has 4 nitrogen and oxygen atoms in total. The van der Waals surface area contributed by atoms with E-state index in [-0.39, 0.29) is 0 Å². The lowest BCUT2D eigenvalue weighted by Gasteiger charge is -2.14. The topological polar surface area (TPSA) is 39.1 Å². The zero-order valence-electron chi connectivity index (χ0n) is 9.44. The van der Waals surface area contributed by atoms with Crippen molar-refractivity contribution in [2.24, 2.45) is 13.0 Å². The maximum absolute atomic E-state index is 5.34. The highest BCUT2D eigenvalue weighted by Crippen LogP contribution is 2.14. The summed E-state index contributed by atoms with van der Waals surface area (Å²) in [5.74, 6) is 0.684. The molecule has 84 valence electrons. The van der Waals surface area contributed by atoms with Crippen LogP contribution in [0.1, 0.15) is 24.9 Å². The fourth-order valence-electron chi connectivity index (χ4n) is 1.87. The minimum atomic E-state index is 0.374. The fraction of sp³-hybridized carbons (Fsp3) is 0.727. The van der Waals surface area contributed by atoms with Gasteiger partial charge in [-0.15, -0.1) is 0 Å². The van der Waals surface area contributed by atoms with Gasteiger partial charge in [-0.1, -0.05) is 0 Å². The third kappa shape index (κ3) is 2.79.